The lowest BCUT2D eigenvalue weighted by atomic mass is 10.0. The molecule has 1 saturated carbocycles. The molecule has 2 N–H and O–H groups in total. The first kappa shape index (κ1) is 33.2. The van der Waals surface area contributed by atoms with Gasteiger partial charge < -0.3 is 15.0 Å². The predicted molar refractivity (Wildman–Crippen MR) is 179 cm³/mol. The Bertz CT molecular complexity index is 1730. The summed E-state index contributed by atoms with van der Waals surface area (Å²) in [6.07, 6.45) is 2.54. The maximum Gasteiger partial charge on any atom is 0.243 e. The number of carbonyl (C=O) groups excluding carboxylic acids is 2. The molecule has 4 aromatic rings. The molecule has 0 saturated heterocycles. The van der Waals surface area contributed by atoms with Crippen molar-refractivity contribution in [1.82, 2.24) is 14.9 Å². The van der Waals surface area contributed by atoms with E-state index in [1.807, 2.05) is 66.7 Å². The van der Waals surface area contributed by atoms with E-state index in [0.717, 1.165) is 35.1 Å². The molecule has 0 heterocycles. The number of benzene rings is 4. The molecule has 0 spiro atoms. The van der Waals surface area contributed by atoms with Crippen molar-refractivity contribution in [2.45, 2.75) is 62.2 Å². The van der Waals surface area contributed by atoms with Crippen molar-refractivity contribution in [1.29, 1.82) is 0 Å². The fourth-order valence-corrected chi connectivity index (χ4v) is 6.64. The number of hydrogen-bond acceptors (Lipinski definition) is 5. The lowest BCUT2D eigenvalue weighted by molar-refractivity contribution is -0.141. The number of nitrogens with one attached hydrogen (secondary N) is 2. The summed E-state index contributed by atoms with van der Waals surface area (Å²) in [5.74, 6) is 0.184. The number of methoxy groups -OCH3 is 1. The maximum absolute atomic E-state index is 14.0. The lowest BCUT2D eigenvalue weighted by Gasteiger charge is -2.32. The van der Waals surface area contributed by atoms with Crippen LogP contribution in [0.4, 0.5) is 0 Å². The molecule has 1 aliphatic rings. The molecule has 8 nitrogen and oxygen atoms in total. The van der Waals surface area contributed by atoms with Crippen LogP contribution in [0, 0.1) is 0 Å². The highest BCUT2D eigenvalue weighted by Gasteiger charge is 2.31. The Hall–Kier alpha value is -4.18. The zero-order valence-electron chi connectivity index (χ0n) is 25.7. The summed E-state index contributed by atoms with van der Waals surface area (Å²) in [6.45, 7) is 0.446. The molecule has 46 heavy (non-hydrogen) atoms. The second kappa shape index (κ2) is 15.4. The van der Waals surface area contributed by atoms with E-state index in [0.29, 0.717) is 23.6 Å². The van der Waals surface area contributed by atoms with Crippen molar-refractivity contribution in [3.63, 3.8) is 0 Å². The number of carbonyl (C=O) groups is 2. The van der Waals surface area contributed by atoms with Crippen molar-refractivity contribution >= 4 is 33.4 Å². The van der Waals surface area contributed by atoms with Crippen molar-refractivity contribution in [2.75, 3.05) is 7.11 Å². The summed E-state index contributed by atoms with van der Waals surface area (Å²) in [5, 5.41) is 3.62. The molecule has 1 atom stereocenters. The second-order valence-corrected chi connectivity index (χ2v) is 13.6. The number of ether oxygens (including phenoxy) is 1. The molecule has 1 fully saturated rings. The third-order valence-corrected chi connectivity index (χ3v) is 9.73. The molecule has 4 aromatic carbocycles. The summed E-state index contributed by atoms with van der Waals surface area (Å²) in [5.41, 5.74) is 3.41. The van der Waals surface area contributed by atoms with E-state index in [-0.39, 0.29) is 42.3 Å². The average molecular weight is 660 g/mol. The number of rotatable bonds is 15. The Morgan fingerprint density at radius 2 is 1.52 bits per heavy atom. The number of halogens is 1. The van der Waals surface area contributed by atoms with Gasteiger partial charge in [-0.2, -0.15) is 0 Å². The second-order valence-electron chi connectivity index (χ2n) is 11.4. The molecule has 0 radical (unpaired) electrons. The van der Waals surface area contributed by atoms with Crippen LogP contribution in [0.1, 0.15) is 41.5 Å². The standard InChI is InChI=1S/C36H38ClN3O5S/c1-45-34-10-6-5-9-29(34)24-38-36(42)33(23-27-7-3-2-4-8-27)40(25-28-11-16-30(37)17-12-28)35(41)22-15-26-13-20-32(21-14-26)46(43,44)39-31-18-19-31/h2-14,16-17,20-21,31,33,39H,15,18-19,22-25H2,1H3,(H,38,42)/t33-/m0/s1. The van der Waals surface area contributed by atoms with E-state index in [9.17, 15) is 18.0 Å². The molecular formula is C36H38ClN3O5S. The molecule has 240 valence electrons. The van der Waals surface area contributed by atoms with E-state index < -0.39 is 16.1 Å². The lowest BCUT2D eigenvalue weighted by Crippen LogP contribution is -2.50. The molecule has 0 aliphatic heterocycles. The number of amides is 2. The van der Waals surface area contributed by atoms with Crippen LogP contribution in [0.3, 0.4) is 0 Å². The third kappa shape index (κ3) is 9.19. The van der Waals surface area contributed by atoms with E-state index in [2.05, 4.69) is 10.0 Å². The van der Waals surface area contributed by atoms with Crippen LogP contribution in [-0.4, -0.2) is 44.3 Å². The largest absolute Gasteiger partial charge is 0.496 e. The fraction of sp³-hybridized carbons (Fsp3) is 0.278. The molecule has 5 rings (SSSR count). The Labute approximate surface area is 275 Å². The zero-order valence-corrected chi connectivity index (χ0v) is 27.3. The Balaban J connectivity index is 1.37. The van der Waals surface area contributed by atoms with Crippen molar-refractivity contribution in [3.8, 4) is 5.75 Å². The van der Waals surface area contributed by atoms with E-state index in [1.54, 1.807) is 48.4 Å². The van der Waals surface area contributed by atoms with Gasteiger partial charge in [0.2, 0.25) is 21.8 Å². The van der Waals surface area contributed by atoms with Gasteiger partial charge >= 0.3 is 0 Å². The van der Waals surface area contributed by atoms with Gasteiger partial charge in [0.25, 0.3) is 0 Å². The molecular weight excluding hydrogens is 622 g/mol. The van der Waals surface area contributed by atoms with Crippen LogP contribution in [0.15, 0.2) is 108 Å². The quantitative estimate of drug-likeness (QED) is 0.171. The Morgan fingerprint density at radius 1 is 0.870 bits per heavy atom. The molecule has 0 unspecified atom stereocenters. The van der Waals surface area contributed by atoms with Gasteiger partial charge in [0.15, 0.2) is 0 Å². The monoisotopic (exact) mass is 659 g/mol. The van der Waals surface area contributed by atoms with Gasteiger partial charge in [0, 0.05) is 42.6 Å². The first-order chi connectivity index (χ1) is 22.2. The van der Waals surface area contributed by atoms with E-state index in [4.69, 9.17) is 16.3 Å². The van der Waals surface area contributed by atoms with Crippen LogP contribution in [0.5, 0.6) is 5.75 Å². The smallest absolute Gasteiger partial charge is 0.243 e. The zero-order chi connectivity index (χ0) is 32.5. The predicted octanol–water partition coefficient (Wildman–Crippen LogP) is 5.68. The highest BCUT2D eigenvalue weighted by Crippen LogP contribution is 2.23. The minimum Gasteiger partial charge on any atom is -0.496 e. The first-order valence-corrected chi connectivity index (χ1v) is 17.2. The van der Waals surface area contributed by atoms with Gasteiger partial charge in [-0.3, -0.25) is 9.59 Å². The molecule has 0 aromatic heterocycles. The third-order valence-electron chi connectivity index (χ3n) is 7.94. The van der Waals surface area contributed by atoms with E-state index >= 15 is 0 Å². The number of para-hydroxylation sites is 1. The van der Waals surface area contributed by atoms with E-state index in [1.165, 1.54) is 0 Å². The van der Waals surface area contributed by atoms with Crippen LogP contribution in [-0.2, 0) is 45.5 Å². The minimum atomic E-state index is -3.56. The molecule has 1 aliphatic carbocycles. The highest BCUT2D eigenvalue weighted by molar-refractivity contribution is 7.89. The Morgan fingerprint density at radius 3 is 2.20 bits per heavy atom. The first-order valence-electron chi connectivity index (χ1n) is 15.3. The van der Waals surface area contributed by atoms with Crippen LogP contribution in [0.2, 0.25) is 5.02 Å². The number of aryl methyl sites for hydroxylation is 1. The van der Waals surface area contributed by atoms with Gasteiger partial charge in [-0.15, -0.1) is 0 Å². The fourth-order valence-electron chi connectivity index (χ4n) is 5.21. The van der Waals surface area contributed by atoms with Gasteiger partial charge in [0.05, 0.1) is 12.0 Å². The minimum absolute atomic E-state index is 0.0182. The molecule has 10 heteroatoms. The number of nitrogens with zero attached hydrogens (tertiary/aromatic N) is 1. The summed E-state index contributed by atoms with van der Waals surface area (Å²) < 4.78 is 33.3. The van der Waals surface area contributed by atoms with Crippen molar-refractivity contribution in [3.05, 3.63) is 130 Å². The Kier molecular flexibility index (Phi) is 11.1. The van der Waals surface area contributed by atoms with Crippen LogP contribution >= 0.6 is 11.6 Å². The van der Waals surface area contributed by atoms with Gasteiger partial charge in [0.1, 0.15) is 11.8 Å². The van der Waals surface area contributed by atoms with Crippen molar-refractivity contribution < 1.29 is 22.7 Å². The topological polar surface area (TPSA) is 105 Å². The SMILES string of the molecule is COc1ccccc1CNC(=O)[C@H](Cc1ccccc1)N(Cc1ccc(Cl)cc1)C(=O)CCc1ccc(S(=O)(=O)NC2CC2)cc1. The van der Waals surface area contributed by atoms with Gasteiger partial charge in [-0.1, -0.05) is 84.4 Å². The summed E-state index contributed by atoms with van der Waals surface area (Å²) in [7, 11) is -1.98. The highest BCUT2D eigenvalue weighted by atomic mass is 35.5. The van der Waals surface area contributed by atoms with Crippen molar-refractivity contribution in [2.24, 2.45) is 0 Å². The average Bonchev–Trinajstić information content (AvgIpc) is 3.89. The summed E-state index contributed by atoms with van der Waals surface area (Å²) in [6, 6.07) is 30.2. The van der Waals surface area contributed by atoms with Gasteiger partial charge in [-0.05, 0) is 66.3 Å². The van der Waals surface area contributed by atoms with Crippen LogP contribution < -0.4 is 14.8 Å². The number of sulfonamides is 1. The summed E-state index contributed by atoms with van der Waals surface area (Å²) >= 11 is 6.14. The molecule has 0 bridgehead atoms. The van der Waals surface area contributed by atoms with Crippen LogP contribution in [0.25, 0.3) is 0 Å². The number of hydrogen-bond donors (Lipinski definition) is 2. The molecule has 2 amide bonds. The maximum atomic E-state index is 14.0. The summed E-state index contributed by atoms with van der Waals surface area (Å²) in [4.78, 5) is 29.8. The normalized spacial score (nSPS) is 13.5. The van der Waals surface area contributed by atoms with Gasteiger partial charge in [-0.25, -0.2) is 13.1 Å².